The van der Waals surface area contributed by atoms with Crippen LogP contribution in [0.15, 0.2) is 54.7 Å². The molecule has 0 aliphatic carbocycles. The SMILES string of the molecule is COc1cc2c(cc1OC)C(c1ccccc1)N(C(=O)c1nc3nccc(C)n3n1)CC2. The van der Waals surface area contributed by atoms with Crippen molar-refractivity contribution in [3.8, 4) is 11.5 Å². The minimum absolute atomic E-state index is 0.136. The van der Waals surface area contributed by atoms with E-state index in [1.165, 1.54) is 0 Å². The Labute approximate surface area is 185 Å². The topological polar surface area (TPSA) is 81.9 Å². The van der Waals surface area contributed by atoms with E-state index in [1.807, 2.05) is 60.4 Å². The number of carbonyl (C=O) groups is 1. The zero-order valence-corrected chi connectivity index (χ0v) is 18.1. The summed E-state index contributed by atoms with van der Waals surface area (Å²) in [5.41, 5.74) is 4.00. The first-order valence-corrected chi connectivity index (χ1v) is 10.4. The predicted octanol–water partition coefficient (Wildman–Crippen LogP) is 3.24. The average molecular weight is 429 g/mol. The fraction of sp³-hybridized carbons (Fsp3) is 0.250. The minimum atomic E-state index is -0.298. The summed E-state index contributed by atoms with van der Waals surface area (Å²) in [6, 6.07) is 15.5. The largest absolute Gasteiger partial charge is 0.493 e. The molecule has 5 rings (SSSR count). The summed E-state index contributed by atoms with van der Waals surface area (Å²) in [5, 5.41) is 4.44. The number of hydrogen-bond acceptors (Lipinski definition) is 6. The third kappa shape index (κ3) is 3.24. The molecule has 0 saturated heterocycles. The van der Waals surface area contributed by atoms with Gasteiger partial charge in [0.05, 0.1) is 20.3 Å². The molecule has 1 aliphatic rings. The number of ether oxygens (including phenoxy) is 2. The van der Waals surface area contributed by atoms with Crippen molar-refractivity contribution in [2.45, 2.75) is 19.4 Å². The van der Waals surface area contributed by atoms with Gasteiger partial charge in [-0.15, -0.1) is 5.10 Å². The van der Waals surface area contributed by atoms with Crippen LogP contribution >= 0.6 is 0 Å². The average Bonchev–Trinajstić information content (AvgIpc) is 3.28. The van der Waals surface area contributed by atoms with E-state index in [2.05, 4.69) is 15.1 Å². The number of nitrogens with zero attached hydrogens (tertiary/aromatic N) is 5. The van der Waals surface area contributed by atoms with E-state index in [4.69, 9.17) is 9.47 Å². The minimum Gasteiger partial charge on any atom is -0.493 e. The monoisotopic (exact) mass is 429 g/mol. The molecule has 0 saturated carbocycles. The van der Waals surface area contributed by atoms with E-state index in [1.54, 1.807) is 24.9 Å². The standard InChI is InChI=1S/C24H23N5O3/c1-15-9-11-25-24-26-22(27-29(15)24)23(30)28-12-10-17-13-19(31-2)20(32-3)14-18(17)21(28)16-7-5-4-6-8-16/h4-9,11,13-14,21H,10,12H2,1-3H3. The number of amides is 1. The number of hydrogen-bond donors (Lipinski definition) is 0. The van der Waals surface area contributed by atoms with Crippen LogP contribution in [0.25, 0.3) is 5.78 Å². The predicted molar refractivity (Wildman–Crippen MR) is 118 cm³/mol. The Morgan fingerprint density at radius 3 is 2.53 bits per heavy atom. The highest BCUT2D eigenvalue weighted by Crippen LogP contribution is 2.41. The fourth-order valence-corrected chi connectivity index (χ4v) is 4.28. The van der Waals surface area contributed by atoms with Gasteiger partial charge in [-0.05, 0) is 48.2 Å². The van der Waals surface area contributed by atoms with Gasteiger partial charge in [-0.1, -0.05) is 30.3 Å². The van der Waals surface area contributed by atoms with Crippen LogP contribution in [0.1, 0.15) is 39.0 Å². The Bertz CT molecular complexity index is 1300. The summed E-state index contributed by atoms with van der Waals surface area (Å²) in [4.78, 5) is 24.1. The van der Waals surface area contributed by atoms with E-state index >= 15 is 0 Å². The molecule has 8 nitrogen and oxygen atoms in total. The number of benzene rings is 2. The van der Waals surface area contributed by atoms with Crippen molar-refractivity contribution in [1.29, 1.82) is 0 Å². The second kappa shape index (κ2) is 7.96. The van der Waals surface area contributed by atoms with Crippen molar-refractivity contribution in [1.82, 2.24) is 24.5 Å². The second-order valence-electron chi connectivity index (χ2n) is 7.70. The number of methoxy groups -OCH3 is 2. The first kappa shape index (κ1) is 20.0. The Morgan fingerprint density at radius 1 is 1.06 bits per heavy atom. The molecule has 0 N–H and O–H groups in total. The molecule has 0 spiro atoms. The van der Waals surface area contributed by atoms with Crippen molar-refractivity contribution < 1.29 is 14.3 Å². The lowest BCUT2D eigenvalue weighted by atomic mass is 9.87. The maximum atomic E-state index is 13.7. The van der Waals surface area contributed by atoms with Crippen molar-refractivity contribution in [2.24, 2.45) is 0 Å². The molecule has 2 aromatic carbocycles. The molecular formula is C24H23N5O3. The first-order valence-electron chi connectivity index (χ1n) is 10.4. The van der Waals surface area contributed by atoms with Crippen LogP contribution in [-0.2, 0) is 6.42 Å². The molecule has 32 heavy (non-hydrogen) atoms. The Kier molecular flexibility index (Phi) is 4.97. The molecule has 0 bridgehead atoms. The van der Waals surface area contributed by atoms with Gasteiger partial charge in [0.15, 0.2) is 11.5 Å². The lowest BCUT2D eigenvalue weighted by Crippen LogP contribution is -2.41. The maximum absolute atomic E-state index is 13.7. The van der Waals surface area contributed by atoms with Crippen LogP contribution in [0.4, 0.5) is 0 Å². The smallest absolute Gasteiger partial charge is 0.294 e. The van der Waals surface area contributed by atoms with Gasteiger partial charge < -0.3 is 14.4 Å². The first-order chi connectivity index (χ1) is 15.6. The van der Waals surface area contributed by atoms with Gasteiger partial charge in [-0.2, -0.15) is 4.98 Å². The Balaban J connectivity index is 1.63. The lowest BCUT2D eigenvalue weighted by molar-refractivity contribution is 0.0682. The van der Waals surface area contributed by atoms with Crippen LogP contribution in [0.2, 0.25) is 0 Å². The zero-order chi connectivity index (χ0) is 22.2. The Hall–Kier alpha value is -3.94. The summed E-state index contributed by atoms with van der Waals surface area (Å²) in [6.45, 7) is 2.43. The molecule has 162 valence electrons. The molecule has 4 aromatic rings. The van der Waals surface area contributed by atoms with Crippen molar-refractivity contribution >= 4 is 11.7 Å². The van der Waals surface area contributed by atoms with Crippen molar-refractivity contribution in [3.63, 3.8) is 0 Å². The maximum Gasteiger partial charge on any atom is 0.294 e. The van der Waals surface area contributed by atoms with Gasteiger partial charge in [0.25, 0.3) is 11.7 Å². The van der Waals surface area contributed by atoms with Gasteiger partial charge in [-0.25, -0.2) is 9.50 Å². The molecule has 1 amide bonds. The van der Waals surface area contributed by atoms with Crippen LogP contribution < -0.4 is 9.47 Å². The second-order valence-corrected chi connectivity index (χ2v) is 7.70. The molecule has 8 heteroatoms. The van der Waals surface area contributed by atoms with Crippen LogP contribution in [0, 0.1) is 6.92 Å². The summed E-state index contributed by atoms with van der Waals surface area (Å²) in [7, 11) is 3.24. The normalized spacial score (nSPS) is 15.5. The van der Waals surface area contributed by atoms with E-state index in [0.717, 1.165) is 22.4 Å². The van der Waals surface area contributed by atoms with Crippen LogP contribution in [0.3, 0.4) is 0 Å². The van der Waals surface area contributed by atoms with E-state index in [0.29, 0.717) is 30.2 Å². The van der Waals surface area contributed by atoms with Gasteiger partial charge in [0.2, 0.25) is 5.82 Å². The molecule has 3 heterocycles. The quantitative estimate of drug-likeness (QED) is 0.495. The number of aromatic nitrogens is 4. The third-order valence-corrected chi connectivity index (χ3v) is 5.87. The molecular weight excluding hydrogens is 406 g/mol. The molecule has 1 aliphatic heterocycles. The number of rotatable bonds is 4. The number of carbonyl (C=O) groups excluding carboxylic acids is 1. The highest BCUT2D eigenvalue weighted by Gasteiger charge is 2.35. The molecule has 0 radical (unpaired) electrons. The van der Waals surface area contributed by atoms with Gasteiger partial charge in [-0.3, -0.25) is 4.79 Å². The molecule has 0 fully saturated rings. The van der Waals surface area contributed by atoms with Gasteiger partial charge in [0, 0.05) is 18.4 Å². The van der Waals surface area contributed by atoms with E-state index in [-0.39, 0.29) is 17.8 Å². The van der Waals surface area contributed by atoms with Crippen LogP contribution in [0.5, 0.6) is 11.5 Å². The third-order valence-electron chi connectivity index (χ3n) is 5.87. The fourth-order valence-electron chi connectivity index (χ4n) is 4.28. The lowest BCUT2D eigenvalue weighted by Gasteiger charge is -2.37. The Morgan fingerprint density at radius 2 is 1.81 bits per heavy atom. The van der Waals surface area contributed by atoms with Gasteiger partial charge >= 0.3 is 0 Å². The highest BCUT2D eigenvalue weighted by molar-refractivity contribution is 5.91. The van der Waals surface area contributed by atoms with Crippen LogP contribution in [-0.4, -0.2) is 51.2 Å². The summed E-state index contributed by atoms with van der Waals surface area (Å²) < 4.78 is 12.6. The number of fused-ring (bicyclic) bond motifs is 2. The summed E-state index contributed by atoms with van der Waals surface area (Å²) >= 11 is 0. The van der Waals surface area contributed by atoms with Crippen molar-refractivity contribution in [2.75, 3.05) is 20.8 Å². The molecule has 1 unspecified atom stereocenters. The van der Waals surface area contributed by atoms with E-state index < -0.39 is 0 Å². The molecule has 1 atom stereocenters. The summed E-state index contributed by atoms with van der Waals surface area (Å²) in [5.74, 6) is 1.63. The van der Waals surface area contributed by atoms with E-state index in [9.17, 15) is 4.79 Å². The zero-order valence-electron chi connectivity index (χ0n) is 18.1. The number of aryl methyl sites for hydroxylation is 1. The van der Waals surface area contributed by atoms with Gasteiger partial charge in [0.1, 0.15) is 0 Å². The summed E-state index contributed by atoms with van der Waals surface area (Å²) in [6.07, 6.45) is 2.35. The highest BCUT2D eigenvalue weighted by atomic mass is 16.5. The van der Waals surface area contributed by atoms with Crippen molar-refractivity contribution in [3.05, 3.63) is 82.9 Å². The molecule has 2 aromatic heterocycles.